The van der Waals surface area contributed by atoms with E-state index in [4.69, 9.17) is 5.73 Å². The predicted molar refractivity (Wildman–Crippen MR) is 159 cm³/mol. The first kappa shape index (κ1) is 33.0. The number of hydrogen-bond acceptors (Lipinski definition) is 4. The van der Waals surface area contributed by atoms with E-state index in [9.17, 15) is 40.7 Å². The summed E-state index contributed by atoms with van der Waals surface area (Å²) in [5.41, 5.74) is 3.46. The molecule has 2 amide bonds. The third-order valence-corrected chi connectivity index (χ3v) is 6.32. The van der Waals surface area contributed by atoms with Crippen LogP contribution in [-0.2, 0) is 12.4 Å². The lowest BCUT2D eigenvalue weighted by atomic mass is 10.0. The third kappa shape index (κ3) is 8.60. The number of nitrogens with one attached hydrogen (secondary N) is 2. The maximum atomic E-state index is 13.1. The van der Waals surface area contributed by atoms with E-state index in [0.29, 0.717) is 45.4 Å². The minimum atomic E-state index is -5.04. The monoisotopic (exact) mass is 636 g/mol. The smallest absolute Gasteiger partial charge is 0.366 e. The quantitative estimate of drug-likeness (QED) is 0.151. The summed E-state index contributed by atoms with van der Waals surface area (Å²) in [6.45, 7) is 1.72. The number of alkyl halides is 6. The Morgan fingerprint density at radius 2 is 1.46 bits per heavy atom. The van der Waals surface area contributed by atoms with Crippen LogP contribution >= 0.6 is 0 Å². The molecule has 0 radical (unpaired) electrons. The van der Waals surface area contributed by atoms with Crippen LogP contribution in [0.1, 0.15) is 48.5 Å². The molecule has 0 spiro atoms. The van der Waals surface area contributed by atoms with Crippen molar-refractivity contribution >= 4 is 28.5 Å². The van der Waals surface area contributed by atoms with Crippen LogP contribution in [-0.4, -0.2) is 21.8 Å². The van der Waals surface area contributed by atoms with Gasteiger partial charge in [-0.3, -0.25) is 14.4 Å². The molecule has 3 aromatic carbocycles. The van der Waals surface area contributed by atoms with E-state index in [0.717, 1.165) is 0 Å². The topological polar surface area (TPSA) is 118 Å². The van der Waals surface area contributed by atoms with Crippen LogP contribution in [0.4, 0.5) is 32.0 Å². The molecule has 2 aromatic heterocycles. The Kier molecular flexibility index (Phi) is 9.61. The van der Waals surface area contributed by atoms with Crippen LogP contribution in [0.25, 0.3) is 11.0 Å². The fourth-order valence-corrected chi connectivity index (χ4v) is 3.98. The summed E-state index contributed by atoms with van der Waals surface area (Å²) in [6, 6.07) is 18.5. The number of anilines is 1. The summed E-state index contributed by atoms with van der Waals surface area (Å²) in [5.74, 6) is 4.48. The number of fused-ring (bicyclic) bond motifs is 1. The molecule has 0 aliphatic heterocycles. The molecule has 7 nitrogen and oxygen atoms in total. The van der Waals surface area contributed by atoms with Gasteiger partial charge in [0.1, 0.15) is 5.65 Å². The van der Waals surface area contributed by atoms with Crippen LogP contribution in [0.2, 0.25) is 0 Å². The number of rotatable bonds is 3. The van der Waals surface area contributed by atoms with E-state index >= 15 is 0 Å². The van der Waals surface area contributed by atoms with Gasteiger partial charge in [-0.05, 0) is 67.1 Å². The second-order valence-electron chi connectivity index (χ2n) is 9.74. The second kappa shape index (κ2) is 13.4. The lowest BCUT2D eigenvalue weighted by molar-refractivity contribution is -0.143. The zero-order valence-electron chi connectivity index (χ0n) is 23.7. The first-order chi connectivity index (χ1) is 21.6. The zero-order chi connectivity index (χ0) is 33.6. The van der Waals surface area contributed by atoms with Gasteiger partial charge in [0.15, 0.2) is 0 Å². The van der Waals surface area contributed by atoms with E-state index in [1.807, 2.05) is 6.07 Å². The summed E-state index contributed by atoms with van der Waals surface area (Å²) >= 11 is 0. The van der Waals surface area contributed by atoms with E-state index in [1.54, 1.807) is 49.4 Å². The molecule has 0 aliphatic rings. The maximum Gasteiger partial charge on any atom is 0.416 e. The number of primary amides is 1. The number of carbonyl (C=O) groups is 2. The van der Waals surface area contributed by atoms with Crippen LogP contribution in [0.5, 0.6) is 0 Å². The number of nitrogens with zero attached hydrogens (tertiary/aromatic N) is 1. The minimum Gasteiger partial charge on any atom is -0.366 e. The molecule has 46 heavy (non-hydrogen) atoms. The van der Waals surface area contributed by atoms with Gasteiger partial charge in [0.25, 0.3) is 5.91 Å². The lowest BCUT2D eigenvalue weighted by Crippen LogP contribution is -2.16. The molecule has 5 rings (SSSR count). The Morgan fingerprint density at radius 3 is 2.04 bits per heavy atom. The van der Waals surface area contributed by atoms with Crippen molar-refractivity contribution in [1.29, 1.82) is 0 Å². The highest BCUT2D eigenvalue weighted by atomic mass is 19.4. The molecular weight excluding hydrogens is 614 g/mol. The number of hydrogen-bond donors (Lipinski definition) is 3. The third-order valence-electron chi connectivity index (χ3n) is 6.32. The summed E-state index contributed by atoms with van der Waals surface area (Å²) in [5, 5.41) is 2.75. The number of amides is 2. The van der Waals surface area contributed by atoms with Crippen molar-refractivity contribution in [1.82, 2.24) is 9.97 Å². The first-order valence-corrected chi connectivity index (χ1v) is 13.2. The van der Waals surface area contributed by atoms with Gasteiger partial charge in [-0.25, -0.2) is 4.98 Å². The summed E-state index contributed by atoms with van der Waals surface area (Å²) in [6.07, 6.45) is -8.64. The molecule has 13 heteroatoms. The Bertz CT molecular complexity index is 2010. The van der Waals surface area contributed by atoms with Gasteiger partial charge in [0.2, 0.25) is 11.5 Å². The zero-order valence-corrected chi connectivity index (χ0v) is 23.7. The minimum absolute atomic E-state index is 0.0184. The van der Waals surface area contributed by atoms with Crippen molar-refractivity contribution in [2.45, 2.75) is 19.3 Å². The average molecular weight is 637 g/mol. The summed E-state index contributed by atoms with van der Waals surface area (Å²) in [7, 11) is 0. The predicted octanol–water partition coefficient (Wildman–Crippen LogP) is 6.71. The van der Waals surface area contributed by atoms with E-state index in [-0.39, 0.29) is 23.1 Å². The van der Waals surface area contributed by atoms with Gasteiger partial charge in [0, 0.05) is 45.6 Å². The largest absolute Gasteiger partial charge is 0.416 e. The van der Waals surface area contributed by atoms with Crippen molar-refractivity contribution in [2.24, 2.45) is 5.73 Å². The number of benzene rings is 3. The van der Waals surface area contributed by atoms with Crippen LogP contribution in [0.3, 0.4) is 0 Å². The number of H-pyrrole nitrogens is 1. The molecule has 0 aliphatic carbocycles. The van der Waals surface area contributed by atoms with Gasteiger partial charge in [-0.15, -0.1) is 0 Å². The Labute approximate surface area is 257 Å². The number of halogens is 6. The molecule has 2 heterocycles. The fraction of sp³-hybridized carbons (Fsp3) is 0.0909. The number of nitrogens with two attached hydrogens (primary N) is 1. The maximum absolute atomic E-state index is 13.1. The van der Waals surface area contributed by atoms with Gasteiger partial charge < -0.3 is 16.0 Å². The summed E-state index contributed by atoms with van der Waals surface area (Å²) in [4.78, 5) is 41.2. The van der Waals surface area contributed by atoms with Crippen molar-refractivity contribution in [3.05, 3.63) is 140 Å². The molecule has 4 N–H and O–H groups in total. The van der Waals surface area contributed by atoms with E-state index in [2.05, 4.69) is 27.1 Å². The van der Waals surface area contributed by atoms with Crippen molar-refractivity contribution < 1.29 is 35.9 Å². The molecule has 0 bridgehead atoms. The molecule has 0 saturated heterocycles. The molecule has 0 atom stereocenters. The Morgan fingerprint density at radius 1 is 0.804 bits per heavy atom. The normalized spacial score (nSPS) is 11.1. The van der Waals surface area contributed by atoms with Gasteiger partial charge in [-0.2, -0.15) is 26.3 Å². The van der Waals surface area contributed by atoms with E-state index < -0.39 is 35.1 Å². The molecule has 0 saturated carbocycles. The van der Waals surface area contributed by atoms with Gasteiger partial charge >= 0.3 is 12.4 Å². The Hall–Kier alpha value is -5.90. The van der Waals surface area contributed by atoms with Crippen molar-refractivity contribution in [2.75, 3.05) is 5.32 Å². The molecular formula is C33H22F6N4O3. The second-order valence-corrected chi connectivity index (χ2v) is 9.74. The molecule has 234 valence electrons. The molecule has 5 aromatic rings. The van der Waals surface area contributed by atoms with Gasteiger partial charge in [0.05, 0.1) is 11.1 Å². The number of aromatic amines is 1. The fourth-order valence-electron chi connectivity index (χ4n) is 3.98. The van der Waals surface area contributed by atoms with Crippen LogP contribution < -0.4 is 16.6 Å². The average Bonchev–Trinajstić information content (AvgIpc) is 3.00. The number of carbonyl (C=O) groups excluding carboxylic acids is 2. The number of pyridine rings is 2. The summed E-state index contributed by atoms with van der Waals surface area (Å²) < 4.78 is 78.6. The van der Waals surface area contributed by atoms with Gasteiger partial charge in [-0.1, -0.05) is 36.1 Å². The highest BCUT2D eigenvalue weighted by molar-refractivity contribution is 6.04. The molecule has 0 unspecified atom stereocenters. The van der Waals surface area contributed by atoms with Crippen LogP contribution in [0, 0.1) is 18.8 Å². The lowest BCUT2D eigenvalue weighted by Gasteiger charge is -2.15. The molecule has 0 fully saturated rings. The first-order valence-electron chi connectivity index (χ1n) is 13.2. The Balaban J connectivity index is 0.000000459. The number of aromatic nitrogens is 2. The van der Waals surface area contributed by atoms with Crippen LogP contribution in [0.15, 0.2) is 95.9 Å². The number of aryl methyl sites for hydroxylation is 1. The standard InChI is InChI=1S/C26H15F6N3O2.C7H7NO/c1-14-2-4-18(9-16(14)5-3-15-8-17-6-7-22(36)35-23(17)33-13-15)24(37)34-21-11-19(25(27,28)29)10-20(12-21)26(30,31)32;8-7(9)6-4-2-1-3-5-6/h2,4,6-13H,1H3,(H,34,37)(H,33,35,36);1-5H,(H2,8,9). The highest BCUT2D eigenvalue weighted by Gasteiger charge is 2.37. The highest BCUT2D eigenvalue weighted by Crippen LogP contribution is 2.37. The SMILES string of the molecule is Cc1ccc(C(=O)Nc2cc(C(F)(F)F)cc(C(F)(F)F)c2)cc1C#Cc1cnc2[nH]c(=O)ccc2c1.NC(=O)c1ccccc1. The van der Waals surface area contributed by atoms with Crippen molar-refractivity contribution in [3.63, 3.8) is 0 Å². The van der Waals surface area contributed by atoms with Crippen molar-refractivity contribution in [3.8, 4) is 11.8 Å². The van der Waals surface area contributed by atoms with E-state index in [1.165, 1.54) is 24.4 Å².